The summed E-state index contributed by atoms with van der Waals surface area (Å²) in [6, 6.07) is 12.6. The summed E-state index contributed by atoms with van der Waals surface area (Å²) in [6.45, 7) is 4.80. The van der Waals surface area contributed by atoms with E-state index in [4.69, 9.17) is 4.74 Å². The second-order valence-electron chi connectivity index (χ2n) is 7.53. The summed E-state index contributed by atoms with van der Waals surface area (Å²) in [4.78, 5) is 64.5. The zero-order chi connectivity index (χ0) is 24.6. The smallest absolute Gasteiger partial charge is 0.341 e. The molecule has 2 heterocycles. The monoisotopic (exact) mass is 476 g/mol. The Labute approximate surface area is 199 Å². The number of hydrogen-bond donors (Lipinski definition) is 1. The number of ketones is 1. The van der Waals surface area contributed by atoms with E-state index < -0.39 is 23.7 Å². The summed E-state index contributed by atoms with van der Waals surface area (Å²) in [7, 11) is 0. The molecule has 0 aliphatic carbocycles. The van der Waals surface area contributed by atoms with Crippen LogP contribution >= 0.6 is 11.3 Å². The van der Waals surface area contributed by atoms with Gasteiger partial charge in [-0.1, -0.05) is 18.2 Å². The highest BCUT2D eigenvalue weighted by atomic mass is 32.1. The van der Waals surface area contributed by atoms with E-state index in [9.17, 15) is 24.0 Å². The zero-order valence-electron chi connectivity index (χ0n) is 18.6. The number of carbonyl (C=O) groups excluding carboxylic acids is 5. The summed E-state index contributed by atoms with van der Waals surface area (Å²) in [6.07, 6.45) is 0. The Morgan fingerprint density at radius 2 is 1.65 bits per heavy atom. The van der Waals surface area contributed by atoms with Crippen LogP contribution in [0.1, 0.15) is 70.5 Å². The van der Waals surface area contributed by atoms with Crippen LogP contribution in [-0.4, -0.2) is 36.1 Å². The molecule has 8 nitrogen and oxygen atoms in total. The van der Waals surface area contributed by atoms with E-state index in [1.54, 1.807) is 50.2 Å². The molecule has 0 atom stereocenters. The zero-order valence-corrected chi connectivity index (χ0v) is 19.4. The highest BCUT2D eigenvalue weighted by Gasteiger charge is 2.36. The van der Waals surface area contributed by atoms with Crippen molar-refractivity contribution in [2.24, 2.45) is 0 Å². The molecule has 0 saturated heterocycles. The van der Waals surface area contributed by atoms with E-state index >= 15 is 0 Å². The van der Waals surface area contributed by atoms with Crippen molar-refractivity contribution in [1.29, 1.82) is 0 Å². The van der Waals surface area contributed by atoms with Gasteiger partial charge in [-0.25, -0.2) is 9.69 Å². The number of rotatable bonds is 6. The summed E-state index contributed by atoms with van der Waals surface area (Å²) < 4.78 is 5.09. The number of ether oxygens (including phenoxy) is 1. The molecule has 0 saturated carbocycles. The van der Waals surface area contributed by atoms with Crippen LogP contribution in [0.5, 0.6) is 0 Å². The van der Waals surface area contributed by atoms with Gasteiger partial charge >= 0.3 is 5.97 Å². The minimum atomic E-state index is -0.640. The Balaban J connectivity index is 1.65. The van der Waals surface area contributed by atoms with Crippen LogP contribution < -0.4 is 10.2 Å². The third kappa shape index (κ3) is 3.90. The van der Waals surface area contributed by atoms with Gasteiger partial charge in [0, 0.05) is 5.56 Å². The lowest BCUT2D eigenvalue weighted by Crippen LogP contribution is -2.29. The lowest BCUT2D eigenvalue weighted by molar-refractivity contribution is 0.0527. The molecule has 0 fully saturated rings. The lowest BCUT2D eigenvalue weighted by atomic mass is 10.1. The molecule has 0 spiro atoms. The number of thiophene rings is 1. The quantitative estimate of drug-likeness (QED) is 0.319. The van der Waals surface area contributed by atoms with Crippen LogP contribution in [-0.2, 0) is 4.74 Å². The number of imide groups is 1. The SMILES string of the molecule is CCOC(=O)c1c(NC(=O)c2cccc(N3C(=O)c4ccccc4C3=O)c2)sc(C(C)=O)c1C. The summed E-state index contributed by atoms with van der Waals surface area (Å²) in [5.74, 6) is -2.38. The normalized spacial score (nSPS) is 12.5. The molecule has 4 rings (SSSR count). The van der Waals surface area contributed by atoms with Crippen molar-refractivity contribution in [2.75, 3.05) is 16.8 Å². The number of nitrogens with zero attached hydrogens (tertiary/aromatic N) is 1. The number of hydrogen-bond acceptors (Lipinski definition) is 7. The molecule has 1 aliphatic rings. The Bertz CT molecular complexity index is 1340. The molecule has 2 aromatic carbocycles. The predicted octanol–water partition coefficient (Wildman–Crippen LogP) is 4.49. The van der Waals surface area contributed by atoms with Gasteiger partial charge < -0.3 is 10.1 Å². The Morgan fingerprint density at radius 3 is 2.24 bits per heavy atom. The number of Topliss-reactive ketones (excluding diaryl/α,β-unsaturated/α-hetero) is 1. The van der Waals surface area contributed by atoms with Gasteiger partial charge in [0.1, 0.15) is 5.00 Å². The number of nitrogens with one attached hydrogen (secondary N) is 1. The highest BCUT2D eigenvalue weighted by Crippen LogP contribution is 2.35. The van der Waals surface area contributed by atoms with E-state index in [2.05, 4.69) is 5.32 Å². The highest BCUT2D eigenvalue weighted by molar-refractivity contribution is 7.18. The van der Waals surface area contributed by atoms with E-state index in [1.807, 2.05) is 0 Å². The molecule has 9 heteroatoms. The molecular weight excluding hydrogens is 456 g/mol. The van der Waals surface area contributed by atoms with Crippen molar-refractivity contribution in [3.05, 3.63) is 81.2 Å². The van der Waals surface area contributed by atoms with Crippen LogP contribution in [0, 0.1) is 6.92 Å². The van der Waals surface area contributed by atoms with Crippen molar-refractivity contribution >= 4 is 51.5 Å². The average Bonchev–Trinajstić information content (AvgIpc) is 3.27. The van der Waals surface area contributed by atoms with Crippen molar-refractivity contribution in [3.63, 3.8) is 0 Å². The number of esters is 1. The first kappa shape index (κ1) is 23.1. The molecule has 1 N–H and O–H groups in total. The number of carbonyl (C=O) groups is 5. The van der Waals surface area contributed by atoms with E-state index in [0.29, 0.717) is 21.6 Å². The lowest BCUT2D eigenvalue weighted by Gasteiger charge is -2.15. The Morgan fingerprint density at radius 1 is 1.00 bits per heavy atom. The van der Waals surface area contributed by atoms with Gasteiger partial charge in [-0.2, -0.15) is 0 Å². The van der Waals surface area contributed by atoms with Gasteiger partial charge in [0.2, 0.25) is 0 Å². The fraction of sp³-hybridized carbons (Fsp3) is 0.160. The van der Waals surface area contributed by atoms with E-state index in [-0.39, 0.29) is 34.2 Å². The van der Waals surface area contributed by atoms with Gasteiger partial charge in [0.05, 0.1) is 33.9 Å². The first-order valence-electron chi connectivity index (χ1n) is 10.4. The third-order valence-electron chi connectivity index (χ3n) is 5.33. The first-order chi connectivity index (χ1) is 16.2. The Kier molecular flexibility index (Phi) is 6.12. The number of benzene rings is 2. The maximum absolute atomic E-state index is 13.1. The number of anilines is 2. The summed E-state index contributed by atoms with van der Waals surface area (Å²) >= 11 is 0.992. The van der Waals surface area contributed by atoms with Gasteiger partial charge in [-0.15, -0.1) is 11.3 Å². The number of amides is 3. The number of fused-ring (bicyclic) bond motifs is 1. The summed E-state index contributed by atoms with van der Waals surface area (Å²) in [5, 5.41) is 2.87. The molecule has 1 aliphatic heterocycles. The van der Waals surface area contributed by atoms with Gasteiger partial charge in [-0.05, 0) is 56.7 Å². The molecule has 0 unspecified atom stereocenters. The molecule has 34 heavy (non-hydrogen) atoms. The maximum Gasteiger partial charge on any atom is 0.341 e. The van der Waals surface area contributed by atoms with Crippen molar-refractivity contribution in [1.82, 2.24) is 0 Å². The van der Waals surface area contributed by atoms with Crippen LogP contribution in [0.25, 0.3) is 0 Å². The molecule has 3 amide bonds. The Hall–Kier alpha value is -4.11. The minimum Gasteiger partial charge on any atom is -0.462 e. The summed E-state index contributed by atoms with van der Waals surface area (Å²) in [5.41, 5.74) is 1.57. The van der Waals surface area contributed by atoms with Crippen molar-refractivity contribution < 1.29 is 28.7 Å². The molecule has 1 aromatic heterocycles. The van der Waals surface area contributed by atoms with Gasteiger partial charge in [0.15, 0.2) is 5.78 Å². The molecule has 0 radical (unpaired) electrons. The average molecular weight is 477 g/mol. The first-order valence-corrected chi connectivity index (χ1v) is 11.3. The molecule has 3 aromatic rings. The molecule has 0 bridgehead atoms. The van der Waals surface area contributed by atoms with Crippen molar-refractivity contribution in [2.45, 2.75) is 20.8 Å². The van der Waals surface area contributed by atoms with Crippen molar-refractivity contribution in [3.8, 4) is 0 Å². The minimum absolute atomic E-state index is 0.127. The largest absolute Gasteiger partial charge is 0.462 e. The predicted molar refractivity (Wildman–Crippen MR) is 127 cm³/mol. The van der Waals surface area contributed by atoms with Crippen LogP contribution in [0.2, 0.25) is 0 Å². The van der Waals surface area contributed by atoms with Crippen LogP contribution in [0.15, 0.2) is 48.5 Å². The second-order valence-corrected chi connectivity index (χ2v) is 8.55. The second kappa shape index (κ2) is 9.03. The third-order valence-corrected chi connectivity index (χ3v) is 6.64. The van der Waals surface area contributed by atoms with E-state index in [1.165, 1.54) is 19.1 Å². The topological polar surface area (TPSA) is 110 Å². The molecule has 172 valence electrons. The fourth-order valence-corrected chi connectivity index (χ4v) is 4.86. The fourth-order valence-electron chi connectivity index (χ4n) is 3.77. The van der Waals surface area contributed by atoms with Gasteiger partial charge in [-0.3, -0.25) is 19.2 Å². The van der Waals surface area contributed by atoms with Crippen LogP contribution in [0.3, 0.4) is 0 Å². The van der Waals surface area contributed by atoms with Gasteiger partial charge in [0.25, 0.3) is 17.7 Å². The van der Waals surface area contributed by atoms with Crippen LogP contribution in [0.4, 0.5) is 10.7 Å². The maximum atomic E-state index is 13.1. The molecular formula is C25H20N2O6S. The van der Waals surface area contributed by atoms with E-state index in [0.717, 1.165) is 16.2 Å². The standard InChI is InChI=1S/C25H20N2O6S/c1-4-33-25(32)19-13(2)20(14(3)28)34-22(19)26-21(29)15-8-7-9-16(12-15)27-23(30)17-10-5-6-11-18(17)24(27)31/h5-12H,4H2,1-3H3,(H,26,29).